The molecular weight excluding hydrogens is 527 g/mol. The second kappa shape index (κ2) is 8.80. The lowest BCUT2D eigenvalue weighted by atomic mass is 9.36. The van der Waals surface area contributed by atoms with Crippen molar-refractivity contribution < 1.29 is 14.4 Å². The highest BCUT2D eigenvalue weighted by atomic mass is 35.5. The van der Waals surface area contributed by atoms with E-state index in [1.165, 1.54) is 16.7 Å². The molecule has 4 bridgehead atoms. The first kappa shape index (κ1) is 24.9. The first-order valence-electron chi connectivity index (χ1n) is 12.6. The molecule has 4 saturated carbocycles. The summed E-state index contributed by atoms with van der Waals surface area (Å²) < 4.78 is 0. The zero-order valence-electron chi connectivity index (χ0n) is 20.1. The van der Waals surface area contributed by atoms with Crippen LogP contribution in [0, 0.1) is 5.92 Å². The van der Waals surface area contributed by atoms with E-state index in [4.69, 9.17) is 34.8 Å². The van der Waals surface area contributed by atoms with Crippen molar-refractivity contribution in [3.05, 3.63) is 106 Å². The largest absolute Gasteiger partial charge is 0.276 e. The Hall–Kier alpha value is -2.46. The molecule has 3 aromatic carbocycles. The molecule has 0 saturated heterocycles. The number of hydrogen-bond donors (Lipinski definition) is 0. The van der Waals surface area contributed by atoms with E-state index < -0.39 is 15.7 Å². The van der Waals surface area contributed by atoms with Gasteiger partial charge in [-0.25, -0.2) is 0 Å². The summed E-state index contributed by atoms with van der Waals surface area (Å²) in [6.07, 6.45) is 6.29. The first-order valence-corrected chi connectivity index (χ1v) is 13.7. The first-order chi connectivity index (χ1) is 17.6. The van der Waals surface area contributed by atoms with E-state index in [1.54, 1.807) is 0 Å². The van der Waals surface area contributed by atoms with E-state index >= 15 is 0 Å². The summed E-state index contributed by atoms with van der Waals surface area (Å²) in [5, 5.41) is -1.35. The van der Waals surface area contributed by atoms with Crippen molar-refractivity contribution in [1.82, 2.24) is 0 Å². The van der Waals surface area contributed by atoms with Crippen molar-refractivity contribution in [3.63, 3.8) is 0 Å². The van der Waals surface area contributed by atoms with Gasteiger partial charge >= 0.3 is 0 Å². The Morgan fingerprint density at radius 1 is 0.486 bits per heavy atom. The van der Waals surface area contributed by atoms with Crippen molar-refractivity contribution >= 4 is 50.5 Å². The normalized spacial score (nSPS) is 29.8. The van der Waals surface area contributed by atoms with Crippen molar-refractivity contribution in [1.29, 1.82) is 0 Å². The quantitative estimate of drug-likeness (QED) is 0.292. The standard InChI is InChI=1S/C31H25Cl3O3/c32-26(35)20-1-7-23(8-2-20)29-13-19-14-30(16-29,24-9-3-21(4-10-24)27(33)36)18-31(15-19,17-29)25-11-5-22(6-12-25)28(34)37/h1-12,19H,13-18H2. The van der Waals surface area contributed by atoms with Gasteiger partial charge in [0, 0.05) is 16.7 Å². The number of rotatable bonds is 6. The molecule has 0 atom stereocenters. The SMILES string of the molecule is O=C(Cl)c1ccc(C23CC4CC(c5ccc(C(=O)Cl)cc5)(C2)CC(c2ccc(C(=O)Cl)cc2)(C4)C3)cc1. The smallest absolute Gasteiger partial charge is 0.252 e. The Morgan fingerprint density at radius 3 is 0.946 bits per heavy atom. The topological polar surface area (TPSA) is 51.2 Å². The lowest BCUT2D eigenvalue weighted by Crippen LogP contribution is -2.62. The second-order valence-electron chi connectivity index (χ2n) is 11.4. The van der Waals surface area contributed by atoms with Gasteiger partial charge in [0.05, 0.1) is 0 Å². The van der Waals surface area contributed by atoms with Gasteiger partial charge in [-0.3, -0.25) is 14.4 Å². The summed E-state index contributed by atoms with van der Waals surface area (Å²) in [5.74, 6) is 0.522. The number of carbonyl (C=O) groups is 3. The Balaban J connectivity index is 1.49. The molecule has 4 fully saturated rings. The zero-order chi connectivity index (χ0) is 26.0. The average molecular weight is 552 g/mol. The Bertz CT molecular complexity index is 1230. The van der Waals surface area contributed by atoms with Crippen LogP contribution in [0.4, 0.5) is 0 Å². The van der Waals surface area contributed by atoms with Gasteiger partial charge in [0.1, 0.15) is 0 Å². The van der Waals surface area contributed by atoms with Gasteiger partial charge in [0.25, 0.3) is 15.7 Å². The van der Waals surface area contributed by atoms with Crippen LogP contribution in [0.3, 0.4) is 0 Å². The van der Waals surface area contributed by atoms with Crippen molar-refractivity contribution in [3.8, 4) is 0 Å². The summed E-state index contributed by atoms with van der Waals surface area (Å²) >= 11 is 17.2. The second-order valence-corrected chi connectivity index (χ2v) is 12.4. The van der Waals surface area contributed by atoms with Gasteiger partial charge in [-0.15, -0.1) is 0 Å². The number of carbonyl (C=O) groups excluding carboxylic acids is 3. The Labute approximate surface area is 231 Å². The van der Waals surface area contributed by atoms with E-state index in [-0.39, 0.29) is 16.2 Å². The lowest BCUT2D eigenvalue weighted by molar-refractivity contribution is -0.0493. The fourth-order valence-corrected chi connectivity index (χ4v) is 8.65. The number of hydrogen-bond acceptors (Lipinski definition) is 3. The highest BCUT2D eigenvalue weighted by molar-refractivity contribution is 6.68. The van der Waals surface area contributed by atoms with Gasteiger partial charge in [0.15, 0.2) is 0 Å². The van der Waals surface area contributed by atoms with Crippen LogP contribution >= 0.6 is 34.8 Å². The molecule has 0 unspecified atom stereocenters. The van der Waals surface area contributed by atoms with Gasteiger partial charge in [-0.05, 0) is 149 Å². The fraction of sp³-hybridized carbons (Fsp3) is 0.323. The molecule has 37 heavy (non-hydrogen) atoms. The van der Waals surface area contributed by atoms with E-state index in [0.717, 1.165) is 38.5 Å². The highest BCUT2D eigenvalue weighted by Gasteiger charge is 2.64. The van der Waals surface area contributed by atoms with Crippen LogP contribution in [-0.4, -0.2) is 15.7 Å². The maximum Gasteiger partial charge on any atom is 0.252 e. The molecule has 3 nitrogen and oxygen atoms in total. The third kappa shape index (κ3) is 4.07. The molecule has 0 aliphatic heterocycles. The van der Waals surface area contributed by atoms with Gasteiger partial charge in [-0.1, -0.05) is 36.4 Å². The molecule has 3 aromatic rings. The van der Waals surface area contributed by atoms with Crippen molar-refractivity contribution in [2.24, 2.45) is 5.92 Å². The monoisotopic (exact) mass is 550 g/mol. The minimum Gasteiger partial charge on any atom is -0.276 e. The van der Waals surface area contributed by atoms with Crippen LogP contribution in [0.1, 0.15) is 86.3 Å². The van der Waals surface area contributed by atoms with Crippen LogP contribution in [0.2, 0.25) is 0 Å². The number of benzene rings is 3. The maximum atomic E-state index is 11.7. The van der Waals surface area contributed by atoms with Crippen LogP contribution in [-0.2, 0) is 16.2 Å². The Kier molecular flexibility index (Phi) is 5.91. The molecule has 0 aromatic heterocycles. The van der Waals surface area contributed by atoms with Crippen LogP contribution < -0.4 is 0 Å². The van der Waals surface area contributed by atoms with Crippen LogP contribution in [0.5, 0.6) is 0 Å². The molecular formula is C31H25Cl3O3. The van der Waals surface area contributed by atoms with E-state index in [1.807, 2.05) is 36.4 Å². The third-order valence-corrected chi connectivity index (χ3v) is 9.90. The fourth-order valence-electron chi connectivity index (χ4n) is 8.27. The van der Waals surface area contributed by atoms with Gasteiger partial charge in [0.2, 0.25) is 0 Å². The molecule has 0 radical (unpaired) electrons. The summed E-state index contributed by atoms with van der Waals surface area (Å²) in [5.41, 5.74) is 5.05. The minimum absolute atomic E-state index is 0.0603. The molecule has 4 aliphatic carbocycles. The predicted molar refractivity (Wildman–Crippen MR) is 146 cm³/mol. The summed E-state index contributed by atoms with van der Waals surface area (Å²) in [7, 11) is 0. The van der Waals surface area contributed by atoms with Crippen LogP contribution in [0.25, 0.3) is 0 Å². The van der Waals surface area contributed by atoms with Gasteiger partial charge in [-0.2, -0.15) is 0 Å². The summed E-state index contributed by atoms with van der Waals surface area (Å²) in [6, 6.07) is 23.5. The van der Waals surface area contributed by atoms with Crippen LogP contribution in [0.15, 0.2) is 72.8 Å². The Morgan fingerprint density at radius 2 is 0.730 bits per heavy atom. The number of halogens is 3. The lowest BCUT2D eigenvalue weighted by Gasteiger charge is -2.67. The molecule has 188 valence electrons. The average Bonchev–Trinajstić information content (AvgIpc) is 2.88. The molecule has 7 rings (SSSR count). The molecule has 0 heterocycles. The summed E-state index contributed by atoms with van der Waals surface area (Å²) in [4.78, 5) is 35.2. The minimum atomic E-state index is -0.451. The highest BCUT2D eigenvalue weighted by Crippen LogP contribution is 2.70. The molecule has 0 N–H and O–H groups in total. The molecule has 6 heteroatoms. The van der Waals surface area contributed by atoms with Crippen molar-refractivity contribution in [2.45, 2.75) is 54.8 Å². The summed E-state index contributed by atoms with van der Waals surface area (Å²) in [6.45, 7) is 0. The van der Waals surface area contributed by atoms with Gasteiger partial charge < -0.3 is 0 Å². The third-order valence-electron chi connectivity index (χ3n) is 9.24. The van der Waals surface area contributed by atoms with E-state index in [9.17, 15) is 14.4 Å². The van der Waals surface area contributed by atoms with E-state index in [0.29, 0.717) is 22.6 Å². The molecule has 4 aliphatic rings. The molecule has 0 spiro atoms. The predicted octanol–water partition coefficient (Wildman–Crippen LogP) is 7.94. The zero-order valence-corrected chi connectivity index (χ0v) is 22.4. The maximum absolute atomic E-state index is 11.7. The van der Waals surface area contributed by atoms with E-state index in [2.05, 4.69) is 36.4 Å². The molecule has 0 amide bonds. The van der Waals surface area contributed by atoms with Crippen molar-refractivity contribution in [2.75, 3.05) is 0 Å².